The Morgan fingerprint density at radius 2 is 2.00 bits per heavy atom. The standard InChI is InChI=1S/C7H8ClO3P/c1-5-2-3-6(8)7(4-5)12(9,10)11/h2-4H,1H3,(H2,9,10,11). The zero-order valence-corrected chi connectivity index (χ0v) is 8.01. The van der Waals surface area contributed by atoms with E-state index in [1.54, 1.807) is 13.0 Å². The van der Waals surface area contributed by atoms with Crippen LogP contribution in [-0.2, 0) is 4.57 Å². The van der Waals surface area contributed by atoms with E-state index in [2.05, 4.69) is 0 Å². The van der Waals surface area contributed by atoms with Crippen molar-refractivity contribution in [2.24, 2.45) is 0 Å². The lowest BCUT2D eigenvalue weighted by Gasteiger charge is -2.06. The topological polar surface area (TPSA) is 57.5 Å². The maximum atomic E-state index is 10.8. The summed E-state index contributed by atoms with van der Waals surface area (Å²) in [5.74, 6) is 0. The second kappa shape index (κ2) is 3.19. The molecule has 3 nitrogen and oxygen atoms in total. The van der Waals surface area contributed by atoms with Gasteiger partial charge in [0.25, 0.3) is 0 Å². The Labute approximate surface area is 75.2 Å². The van der Waals surface area contributed by atoms with Gasteiger partial charge in [-0.15, -0.1) is 0 Å². The number of rotatable bonds is 1. The third kappa shape index (κ3) is 2.08. The van der Waals surface area contributed by atoms with Crippen molar-refractivity contribution in [1.82, 2.24) is 0 Å². The molecule has 0 spiro atoms. The first-order valence-electron chi connectivity index (χ1n) is 3.23. The normalized spacial score (nSPS) is 11.7. The third-order valence-corrected chi connectivity index (χ3v) is 2.87. The first-order valence-corrected chi connectivity index (χ1v) is 5.22. The Bertz CT molecular complexity index is 345. The van der Waals surface area contributed by atoms with Gasteiger partial charge in [0.15, 0.2) is 0 Å². The quantitative estimate of drug-likeness (QED) is 0.684. The summed E-state index contributed by atoms with van der Waals surface area (Å²) in [5.41, 5.74) is 0.776. The Hall–Kier alpha value is -0.340. The van der Waals surface area contributed by atoms with Crippen molar-refractivity contribution in [3.8, 4) is 0 Å². The summed E-state index contributed by atoms with van der Waals surface area (Å²) in [5, 5.41) is -0.00176. The van der Waals surface area contributed by atoms with Gasteiger partial charge in [-0.3, -0.25) is 4.57 Å². The van der Waals surface area contributed by atoms with E-state index in [4.69, 9.17) is 21.4 Å². The van der Waals surface area contributed by atoms with E-state index in [0.717, 1.165) is 5.56 Å². The minimum absolute atomic E-state index is 0.105. The van der Waals surface area contributed by atoms with Crippen LogP contribution in [0.3, 0.4) is 0 Å². The van der Waals surface area contributed by atoms with Gasteiger partial charge < -0.3 is 9.79 Å². The van der Waals surface area contributed by atoms with Crippen LogP contribution in [0.5, 0.6) is 0 Å². The number of hydrogen-bond donors (Lipinski definition) is 2. The molecule has 0 aliphatic heterocycles. The molecule has 0 saturated carbocycles. The van der Waals surface area contributed by atoms with Gasteiger partial charge in [-0.05, 0) is 19.1 Å². The molecule has 12 heavy (non-hydrogen) atoms. The molecule has 1 aromatic carbocycles. The van der Waals surface area contributed by atoms with Gasteiger partial charge in [-0.1, -0.05) is 23.2 Å². The van der Waals surface area contributed by atoms with Gasteiger partial charge in [-0.2, -0.15) is 0 Å². The lowest BCUT2D eigenvalue weighted by Crippen LogP contribution is -2.05. The van der Waals surface area contributed by atoms with E-state index in [1.165, 1.54) is 12.1 Å². The van der Waals surface area contributed by atoms with Gasteiger partial charge in [0.2, 0.25) is 0 Å². The lowest BCUT2D eigenvalue weighted by molar-refractivity contribution is 0.387. The molecular formula is C7H8ClO3P. The van der Waals surface area contributed by atoms with Crippen LogP contribution >= 0.6 is 19.2 Å². The zero-order valence-electron chi connectivity index (χ0n) is 6.36. The fraction of sp³-hybridized carbons (Fsp3) is 0.143. The summed E-state index contributed by atoms with van der Waals surface area (Å²) >= 11 is 5.59. The summed E-state index contributed by atoms with van der Waals surface area (Å²) in [7, 11) is -4.21. The molecule has 0 heterocycles. The highest BCUT2D eigenvalue weighted by molar-refractivity contribution is 7.60. The molecule has 0 amide bonds. The Kier molecular flexibility index (Phi) is 2.59. The molecule has 0 fully saturated rings. The van der Waals surface area contributed by atoms with Crippen molar-refractivity contribution in [3.05, 3.63) is 28.8 Å². The van der Waals surface area contributed by atoms with E-state index >= 15 is 0 Å². The number of halogens is 1. The smallest absolute Gasteiger partial charge is 0.321 e. The SMILES string of the molecule is Cc1ccc(Cl)c(P(=O)(O)O)c1. The molecule has 5 heteroatoms. The molecule has 66 valence electrons. The third-order valence-electron chi connectivity index (χ3n) is 1.42. The van der Waals surface area contributed by atoms with Crippen LogP contribution < -0.4 is 5.30 Å². The van der Waals surface area contributed by atoms with Crippen molar-refractivity contribution >= 4 is 24.5 Å². The Morgan fingerprint density at radius 3 is 2.42 bits per heavy atom. The van der Waals surface area contributed by atoms with Crippen molar-refractivity contribution in [2.45, 2.75) is 6.92 Å². The summed E-state index contributed by atoms with van der Waals surface area (Å²) in [6.07, 6.45) is 0. The number of aryl methyl sites for hydroxylation is 1. The molecular weight excluding hydrogens is 199 g/mol. The first-order chi connectivity index (χ1) is 5.41. The predicted molar refractivity (Wildman–Crippen MR) is 47.9 cm³/mol. The van der Waals surface area contributed by atoms with Crippen LogP contribution in [0.2, 0.25) is 5.02 Å². The van der Waals surface area contributed by atoms with E-state index < -0.39 is 7.60 Å². The van der Waals surface area contributed by atoms with Crippen molar-refractivity contribution in [3.63, 3.8) is 0 Å². The van der Waals surface area contributed by atoms with Gasteiger partial charge in [0.05, 0.1) is 10.3 Å². The molecule has 0 saturated heterocycles. The minimum atomic E-state index is -4.21. The highest BCUT2D eigenvalue weighted by Crippen LogP contribution is 2.36. The van der Waals surface area contributed by atoms with E-state index in [9.17, 15) is 4.57 Å². The zero-order chi connectivity index (χ0) is 9.35. The molecule has 0 aliphatic carbocycles. The van der Waals surface area contributed by atoms with Crippen LogP contribution in [0.25, 0.3) is 0 Å². The molecule has 1 rings (SSSR count). The van der Waals surface area contributed by atoms with Gasteiger partial charge >= 0.3 is 7.60 Å². The Morgan fingerprint density at radius 1 is 1.42 bits per heavy atom. The van der Waals surface area contributed by atoms with Crippen LogP contribution in [0, 0.1) is 6.92 Å². The molecule has 0 radical (unpaired) electrons. The van der Waals surface area contributed by atoms with Crippen LogP contribution in [0.4, 0.5) is 0 Å². The second-order valence-electron chi connectivity index (χ2n) is 2.50. The number of benzene rings is 1. The second-order valence-corrected chi connectivity index (χ2v) is 4.48. The molecule has 0 unspecified atom stereocenters. The van der Waals surface area contributed by atoms with Crippen molar-refractivity contribution in [2.75, 3.05) is 0 Å². The minimum Gasteiger partial charge on any atom is -0.321 e. The highest BCUT2D eigenvalue weighted by Gasteiger charge is 2.20. The maximum absolute atomic E-state index is 10.8. The molecule has 0 atom stereocenters. The molecule has 0 aromatic heterocycles. The predicted octanol–water partition coefficient (Wildman–Crippen LogP) is 1.45. The van der Waals surface area contributed by atoms with E-state index in [0.29, 0.717) is 0 Å². The largest absolute Gasteiger partial charge is 0.357 e. The number of hydrogen-bond acceptors (Lipinski definition) is 1. The first kappa shape index (κ1) is 9.75. The van der Waals surface area contributed by atoms with Crippen LogP contribution in [0.15, 0.2) is 18.2 Å². The van der Waals surface area contributed by atoms with Gasteiger partial charge in [-0.25, -0.2) is 0 Å². The maximum Gasteiger partial charge on any atom is 0.357 e. The summed E-state index contributed by atoms with van der Waals surface area (Å²) in [6, 6.07) is 4.57. The lowest BCUT2D eigenvalue weighted by atomic mass is 10.2. The molecule has 2 N–H and O–H groups in total. The average molecular weight is 207 g/mol. The average Bonchev–Trinajstić information content (AvgIpc) is 1.92. The summed E-state index contributed by atoms with van der Waals surface area (Å²) < 4.78 is 10.8. The monoisotopic (exact) mass is 206 g/mol. The summed E-state index contributed by atoms with van der Waals surface area (Å²) in [6.45, 7) is 1.75. The van der Waals surface area contributed by atoms with Gasteiger partial charge in [0.1, 0.15) is 0 Å². The molecule has 1 aromatic rings. The molecule has 0 aliphatic rings. The Balaban J connectivity index is 3.33. The van der Waals surface area contributed by atoms with E-state index in [-0.39, 0.29) is 10.3 Å². The summed E-state index contributed by atoms with van der Waals surface area (Å²) in [4.78, 5) is 17.6. The van der Waals surface area contributed by atoms with Gasteiger partial charge in [0, 0.05) is 0 Å². The fourth-order valence-corrected chi connectivity index (χ4v) is 2.02. The molecule has 0 bridgehead atoms. The van der Waals surface area contributed by atoms with Crippen molar-refractivity contribution < 1.29 is 14.4 Å². The fourth-order valence-electron chi connectivity index (χ4n) is 0.846. The van der Waals surface area contributed by atoms with E-state index in [1.807, 2.05) is 0 Å². The van der Waals surface area contributed by atoms with Crippen LogP contribution in [-0.4, -0.2) is 9.79 Å². The van der Waals surface area contributed by atoms with Crippen LogP contribution in [0.1, 0.15) is 5.56 Å². The van der Waals surface area contributed by atoms with Crippen molar-refractivity contribution in [1.29, 1.82) is 0 Å². The highest BCUT2D eigenvalue weighted by atomic mass is 35.5.